The second-order valence-corrected chi connectivity index (χ2v) is 6.76. The van der Waals surface area contributed by atoms with Gasteiger partial charge < -0.3 is 15.2 Å². The summed E-state index contributed by atoms with van der Waals surface area (Å²) < 4.78 is 38.1. The van der Waals surface area contributed by atoms with E-state index in [0.29, 0.717) is 12.0 Å². The highest BCUT2D eigenvalue weighted by atomic mass is 19.4. The molecule has 2 aromatic rings. The highest BCUT2D eigenvalue weighted by Crippen LogP contribution is 2.46. The Morgan fingerprint density at radius 2 is 1.81 bits per heavy atom. The van der Waals surface area contributed by atoms with Gasteiger partial charge in [0, 0.05) is 17.8 Å². The van der Waals surface area contributed by atoms with E-state index >= 15 is 0 Å². The summed E-state index contributed by atoms with van der Waals surface area (Å²) in [6, 6.07) is 6.57. The molecule has 27 heavy (non-hydrogen) atoms. The second-order valence-electron chi connectivity index (χ2n) is 6.76. The number of benzene rings is 1. The smallest absolute Gasteiger partial charge is 0.490 e. The average Bonchev–Trinajstić information content (AvgIpc) is 3.47. The van der Waals surface area contributed by atoms with Crippen LogP contribution in [-0.4, -0.2) is 41.4 Å². The lowest BCUT2D eigenvalue weighted by molar-refractivity contribution is -0.192. The lowest BCUT2D eigenvalue weighted by Crippen LogP contribution is -2.34. The molecule has 5 nitrogen and oxygen atoms in total. The van der Waals surface area contributed by atoms with Crippen LogP contribution in [0.3, 0.4) is 0 Å². The molecule has 146 valence electrons. The Kier molecular flexibility index (Phi) is 5.84. The zero-order valence-corrected chi connectivity index (χ0v) is 14.6. The Balaban J connectivity index is 0.000000260. The number of hydrogen-bond donors (Lipinski definition) is 2. The van der Waals surface area contributed by atoms with Gasteiger partial charge in [-0.3, -0.25) is 4.98 Å². The molecule has 0 unspecified atom stereocenters. The summed E-state index contributed by atoms with van der Waals surface area (Å²) in [6.45, 7) is 2.14. The minimum absolute atomic E-state index is 0.369. The normalized spacial score (nSPS) is 17.9. The molecule has 1 saturated heterocycles. The number of piperidine rings is 1. The van der Waals surface area contributed by atoms with Crippen molar-refractivity contribution in [3.8, 4) is 5.75 Å². The van der Waals surface area contributed by atoms with E-state index in [9.17, 15) is 13.2 Å². The first-order chi connectivity index (χ1) is 12.8. The number of aliphatic carboxylic acids is 1. The van der Waals surface area contributed by atoms with E-state index in [1.807, 2.05) is 12.4 Å². The van der Waals surface area contributed by atoms with Gasteiger partial charge in [0.15, 0.2) is 0 Å². The van der Waals surface area contributed by atoms with Gasteiger partial charge in [0.2, 0.25) is 0 Å². The average molecular weight is 382 g/mol. The van der Waals surface area contributed by atoms with Crippen molar-refractivity contribution in [2.45, 2.75) is 43.9 Å². The van der Waals surface area contributed by atoms with Gasteiger partial charge in [-0.05, 0) is 73.8 Å². The summed E-state index contributed by atoms with van der Waals surface area (Å²) in [5.41, 5.74) is 1.39. The van der Waals surface area contributed by atoms with Crippen molar-refractivity contribution in [1.82, 2.24) is 10.3 Å². The van der Waals surface area contributed by atoms with Crippen LogP contribution in [0.5, 0.6) is 5.75 Å². The highest BCUT2D eigenvalue weighted by Gasteiger charge is 2.38. The van der Waals surface area contributed by atoms with Gasteiger partial charge in [0.1, 0.15) is 11.9 Å². The molecule has 0 spiro atoms. The molecule has 2 aliphatic rings. The fourth-order valence-electron chi connectivity index (χ4n) is 3.04. The maximum Gasteiger partial charge on any atom is 0.490 e. The molecule has 2 N–H and O–H groups in total. The fourth-order valence-corrected chi connectivity index (χ4v) is 3.04. The van der Waals surface area contributed by atoms with Gasteiger partial charge in [0.25, 0.3) is 0 Å². The Morgan fingerprint density at radius 3 is 2.41 bits per heavy atom. The summed E-state index contributed by atoms with van der Waals surface area (Å²) in [5, 5.41) is 13.0. The van der Waals surface area contributed by atoms with Crippen LogP contribution in [-0.2, 0) is 4.79 Å². The van der Waals surface area contributed by atoms with Crippen molar-refractivity contribution in [1.29, 1.82) is 0 Å². The molecule has 1 aliphatic carbocycles. The van der Waals surface area contributed by atoms with Crippen molar-refractivity contribution in [2.24, 2.45) is 0 Å². The first kappa shape index (κ1) is 19.4. The summed E-state index contributed by atoms with van der Waals surface area (Å²) in [5.74, 6) is -0.943. The van der Waals surface area contributed by atoms with E-state index in [2.05, 4.69) is 28.5 Å². The topological polar surface area (TPSA) is 71.5 Å². The first-order valence-corrected chi connectivity index (χ1v) is 8.90. The van der Waals surface area contributed by atoms with E-state index in [1.54, 1.807) is 0 Å². The third-order valence-corrected chi connectivity index (χ3v) is 4.61. The third kappa shape index (κ3) is 5.32. The molecular weight excluding hydrogens is 361 g/mol. The van der Waals surface area contributed by atoms with Gasteiger partial charge in [-0.25, -0.2) is 4.79 Å². The lowest BCUT2D eigenvalue weighted by Gasteiger charge is -2.25. The number of hydrogen-bond acceptors (Lipinski definition) is 4. The molecule has 1 aromatic carbocycles. The Hall–Kier alpha value is -2.35. The van der Waals surface area contributed by atoms with E-state index in [4.69, 9.17) is 14.6 Å². The van der Waals surface area contributed by atoms with Crippen molar-refractivity contribution in [3.05, 3.63) is 36.2 Å². The lowest BCUT2D eigenvalue weighted by atomic mass is 10.0. The largest absolute Gasteiger partial charge is 0.490 e. The number of carbonyl (C=O) groups is 1. The third-order valence-electron chi connectivity index (χ3n) is 4.61. The quantitative estimate of drug-likeness (QED) is 0.843. The number of halogens is 3. The maximum atomic E-state index is 10.6. The van der Waals surface area contributed by atoms with Crippen LogP contribution < -0.4 is 10.1 Å². The summed E-state index contributed by atoms with van der Waals surface area (Å²) >= 11 is 0. The molecule has 2 fully saturated rings. The van der Waals surface area contributed by atoms with Crippen LogP contribution in [0.15, 0.2) is 30.6 Å². The van der Waals surface area contributed by atoms with E-state index in [0.717, 1.165) is 31.7 Å². The van der Waals surface area contributed by atoms with Crippen LogP contribution in [0.25, 0.3) is 10.8 Å². The number of fused-ring (bicyclic) bond motifs is 1. The van der Waals surface area contributed by atoms with Crippen LogP contribution in [0.2, 0.25) is 0 Å². The monoisotopic (exact) mass is 382 g/mol. The van der Waals surface area contributed by atoms with Crippen LogP contribution >= 0.6 is 0 Å². The molecule has 0 atom stereocenters. The Bertz CT molecular complexity index is 800. The molecule has 2 heterocycles. The maximum absolute atomic E-state index is 10.6. The summed E-state index contributed by atoms with van der Waals surface area (Å²) in [7, 11) is 0. The van der Waals surface area contributed by atoms with Crippen molar-refractivity contribution < 1.29 is 27.8 Å². The number of alkyl halides is 3. The van der Waals surface area contributed by atoms with Gasteiger partial charge >= 0.3 is 12.1 Å². The van der Waals surface area contributed by atoms with E-state index in [-0.39, 0.29) is 0 Å². The minimum atomic E-state index is -5.08. The number of ether oxygens (including phenoxy) is 1. The number of carboxylic acids is 1. The standard InChI is InChI=1S/C17H20N2O.C2HF3O2/c1-2-12(1)16-9-14-11-19-6-3-13(14)10-17(16)20-15-4-7-18-8-5-15;3-2(4,5)1(6)7/h3,6,9-12,15,18H,1-2,4-5,7-8H2;(H,6,7). The van der Waals surface area contributed by atoms with E-state index < -0.39 is 12.1 Å². The predicted octanol–water partition coefficient (Wildman–Crippen LogP) is 3.88. The number of nitrogens with one attached hydrogen (secondary N) is 1. The van der Waals surface area contributed by atoms with Gasteiger partial charge in [-0.2, -0.15) is 13.2 Å². The van der Waals surface area contributed by atoms with Crippen LogP contribution in [0, 0.1) is 0 Å². The zero-order valence-electron chi connectivity index (χ0n) is 14.6. The number of pyridine rings is 1. The molecule has 0 radical (unpaired) electrons. The number of aromatic nitrogens is 1. The molecular formula is C19H21F3N2O3. The Morgan fingerprint density at radius 1 is 1.15 bits per heavy atom. The Labute approximate surface area is 154 Å². The molecule has 8 heteroatoms. The first-order valence-electron chi connectivity index (χ1n) is 8.90. The van der Waals surface area contributed by atoms with Crippen molar-refractivity contribution >= 4 is 16.7 Å². The molecule has 1 saturated carbocycles. The predicted molar refractivity (Wildman–Crippen MR) is 93.9 cm³/mol. The van der Waals surface area contributed by atoms with Crippen molar-refractivity contribution in [2.75, 3.05) is 13.1 Å². The zero-order chi connectivity index (χ0) is 19.4. The van der Waals surface area contributed by atoms with Gasteiger partial charge in [-0.1, -0.05) is 0 Å². The fraction of sp³-hybridized carbons (Fsp3) is 0.474. The molecule has 4 rings (SSSR count). The molecule has 0 bridgehead atoms. The highest BCUT2D eigenvalue weighted by molar-refractivity contribution is 5.84. The van der Waals surface area contributed by atoms with Gasteiger partial charge in [0.05, 0.1) is 0 Å². The minimum Gasteiger partial charge on any atom is -0.490 e. The van der Waals surface area contributed by atoms with Crippen LogP contribution in [0.4, 0.5) is 13.2 Å². The number of carboxylic acid groups (broad SMARTS) is 1. The molecule has 0 amide bonds. The second kappa shape index (κ2) is 8.12. The van der Waals surface area contributed by atoms with Crippen molar-refractivity contribution in [3.63, 3.8) is 0 Å². The molecule has 1 aliphatic heterocycles. The van der Waals surface area contributed by atoms with Gasteiger partial charge in [-0.15, -0.1) is 0 Å². The number of nitrogens with zero attached hydrogens (tertiary/aromatic N) is 1. The number of rotatable bonds is 3. The summed E-state index contributed by atoms with van der Waals surface area (Å²) in [6.07, 6.45) is 3.91. The van der Waals surface area contributed by atoms with E-state index in [1.165, 1.54) is 29.2 Å². The van der Waals surface area contributed by atoms with Crippen LogP contribution in [0.1, 0.15) is 37.2 Å². The molecule has 1 aromatic heterocycles. The SMILES string of the molecule is O=C(O)C(F)(F)F.c1cc2cc(OC3CCNCC3)c(C3CC3)cc2cn1. The summed E-state index contributed by atoms with van der Waals surface area (Å²) in [4.78, 5) is 13.1.